The molecule has 26 heavy (non-hydrogen) atoms. The van der Waals surface area contributed by atoms with Crippen LogP contribution in [0.15, 0.2) is 64.4 Å². The summed E-state index contributed by atoms with van der Waals surface area (Å²) >= 11 is 2.65. The number of amides is 1. The molecule has 0 aliphatic rings. The van der Waals surface area contributed by atoms with Gasteiger partial charge in [-0.25, -0.2) is 0 Å². The SMILES string of the molecule is Cc1cc(SC#N)cc(C)c1NC(=O)CSc1ccc2ccccc2c1. The predicted molar refractivity (Wildman–Crippen MR) is 111 cm³/mol. The van der Waals surface area contributed by atoms with Gasteiger partial charge in [0.2, 0.25) is 5.91 Å². The summed E-state index contributed by atoms with van der Waals surface area (Å²) in [6.45, 7) is 3.89. The maximum Gasteiger partial charge on any atom is 0.234 e. The minimum absolute atomic E-state index is 0.0324. The highest BCUT2D eigenvalue weighted by molar-refractivity contribution is 8.03. The van der Waals surface area contributed by atoms with Crippen molar-refractivity contribution < 1.29 is 4.79 Å². The number of hydrogen-bond donors (Lipinski definition) is 1. The Morgan fingerprint density at radius 1 is 1.00 bits per heavy atom. The minimum atomic E-state index is -0.0324. The molecule has 0 bridgehead atoms. The van der Waals surface area contributed by atoms with Crippen LogP contribution in [0.3, 0.4) is 0 Å². The molecule has 0 radical (unpaired) electrons. The molecular weight excluding hydrogens is 360 g/mol. The molecule has 0 fully saturated rings. The average Bonchev–Trinajstić information content (AvgIpc) is 2.63. The van der Waals surface area contributed by atoms with Gasteiger partial charge < -0.3 is 5.32 Å². The highest BCUT2D eigenvalue weighted by Crippen LogP contribution is 2.28. The van der Waals surface area contributed by atoms with Crippen LogP contribution in [0.2, 0.25) is 0 Å². The van der Waals surface area contributed by atoms with Crippen molar-refractivity contribution in [2.75, 3.05) is 11.1 Å². The summed E-state index contributed by atoms with van der Waals surface area (Å²) in [5.74, 6) is 0.321. The molecule has 3 aromatic rings. The van der Waals surface area contributed by atoms with E-state index in [2.05, 4.69) is 35.0 Å². The fraction of sp³-hybridized carbons (Fsp3) is 0.143. The van der Waals surface area contributed by atoms with Crippen molar-refractivity contribution in [3.63, 3.8) is 0 Å². The molecule has 3 aromatic carbocycles. The number of fused-ring (bicyclic) bond motifs is 1. The molecular formula is C21H18N2OS2. The molecule has 0 heterocycles. The Balaban J connectivity index is 1.66. The number of hydrogen-bond acceptors (Lipinski definition) is 4. The van der Waals surface area contributed by atoms with E-state index in [0.29, 0.717) is 5.75 Å². The quantitative estimate of drug-likeness (QED) is 0.453. The average molecular weight is 379 g/mol. The summed E-state index contributed by atoms with van der Waals surface area (Å²) in [6.07, 6.45) is 0. The summed E-state index contributed by atoms with van der Waals surface area (Å²) in [5.41, 5.74) is 2.76. The van der Waals surface area contributed by atoms with Crippen molar-refractivity contribution in [2.24, 2.45) is 0 Å². The van der Waals surface area contributed by atoms with Gasteiger partial charge in [0, 0.05) is 15.5 Å². The topological polar surface area (TPSA) is 52.9 Å². The standard InChI is InChI=1S/C21H18N2OS2/c1-14-9-19(26-13-22)10-15(2)21(14)23-20(24)12-25-18-8-7-16-5-3-4-6-17(16)11-18/h3-11H,12H2,1-2H3,(H,23,24). The summed E-state index contributed by atoms with van der Waals surface area (Å²) in [7, 11) is 0. The maximum atomic E-state index is 12.4. The molecule has 1 amide bonds. The first-order chi connectivity index (χ1) is 12.6. The zero-order chi connectivity index (χ0) is 18.5. The van der Waals surface area contributed by atoms with E-state index in [4.69, 9.17) is 5.26 Å². The monoisotopic (exact) mass is 378 g/mol. The first-order valence-electron chi connectivity index (χ1n) is 8.15. The van der Waals surface area contributed by atoms with Crippen LogP contribution in [0.1, 0.15) is 11.1 Å². The summed E-state index contributed by atoms with van der Waals surface area (Å²) < 4.78 is 0. The third-order valence-corrected chi connectivity index (χ3v) is 5.58. The van der Waals surface area contributed by atoms with Gasteiger partial charge in [-0.15, -0.1) is 11.8 Å². The van der Waals surface area contributed by atoms with Crippen molar-refractivity contribution in [1.29, 1.82) is 5.26 Å². The zero-order valence-electron chi connectivity index (χ0n) is 14.6. The van der Waals surface area contributed by atoms with Crippen LogP contribution in [0.25, 0.3) is 10.8 Å². The lowest BCUT2D eigenvalue weighted by Crippen LogP contribution is -2.15. The molecule has 1 N–H and O–H groups in total. The van der Waals surface area contributed by atoms with Crippen LogP contribution in [0, 0.1) is 24.5 Å². The Morgan fingerprint density at radius 2 is 1.69 bits per heavy atom. The van der Waals surface area contributed by atoms with E-state index in [1.54, 1.807) is 0 Å². The smallest absolute Gasteiger partial charge is 0.234 e. The third kappa shape index (κ3) is 4.40. The second-order valence-corrected chi connectivity index (χ2v) is 7.88. The van der Waals surface area contributed by atoms with Gasteiger partial charge in [-0.1, -0.05) is 30.3 Å². The van der Waals surface area contributed by atoms with Gasteiger partial charge in [-0.2, -0.15) is 5.26 Å². The van der Waals surface area contributed by atoms with E-state index in [9.17, 15) is 4.79 Å². The van der Waals surface area contributed by atoms with Crippen LogP contribution in [0.5, 0.6) is 0 Å². The number of carbonyl (C=O) groups excluding carboxylic acids is 1. The van der Waals surface area contributed by atoms with Gasteiger partial charge in [0.15, 0.2) is 0 Å². The Labute approximate surface area is 161 Å². The second-order valence-electron chi connectivity index (χ2n) is 5.97. The van der Waals surface area contributed by atoms with E-state index in [0.717, 1.165) is 38.4 Å². The van der Waals surface area contributed by atoms with E-state index in [1.807, 2.05) is 44.2 Å². The van der Waals surface area contributed by atoms with Gasteiger partial charge in [0.05, 0.1) is 5.75 Å². The molecule has 3 rings (SSSR count). The van der Waals surface area contributed by atoms with Crippen molar-refractivity contribution in [3.05, 3.63) is 65.7 Å². The summed E-state index contributed by atoms with van der Waals surface area (Å²) in [4.78, 5) is 14.3. The molecule has 0 aliphatic carbocycles. The first kappa shape index (κ1) is 18.4. The molecule has 3 nitrogen and oxygen atoms in total. The van der Waals surface area contributed by atoms with Gasteiger partial charge in [0.25, 0.3) is 0 Å². The normalized spacial score (nSPS) is 10.5. The largest absolute Gasteiger partial charge is 0.325 e. The van der Waals surface area contributed by atoms with Crippen molar-refractivity contribution in [1.82, 2.24) is 0 Å². The number of rotatable bonds is 5. The molecule has 0 aliphatic heterocycles. The van der Waals surface area contributed by atoms with E-state index in [1.165, 1.54) is 22.5 Å². The summed E-state index contributed by atoms with van der Waals surface area (Å²) in [5, 5.41) is 16.3. The van der Waals surface area contributed by atoms with E-state index < -0.39 is 0 Å². The number of anilines is 1. The van der Waals surface area contributed by atoms with Gasteiger partial charge in [-0.05, 0) is 71.8 Å². The van der Waals surface area contributed by atoms with Crippen molar-refractivity contribution >= 4 is 45.9 Å². The highest BCUT2D eigenvalue weighted by atomic mass is 32.2. The zero-order valence-corrected chi connectivity index (χ0v) is 16.2. The molecule has 0 saturated heterocycles. The predicted octanol–water partition coefficient (Wildman–Crippen LogP) is 5.76. The number of aryl methyl sites for hydroxylation is 2. The van der Waals surface area contributed by atoms with Gasteiger partial charge >= 0.3 is 0 Å². The van der Waals surface area contributed by atoms with E-state index in [-0.39, 0.29) is 5.91 Å². The molecule has 5 heteroatoms. The molecule has 130 valence electrons. The fourth-order valence-electron chi connectivity index (χ4n) is 2.81. The van der Waals surface area contributed by atoms with E-state index >= 15 is 0 Å². The molecule has 0 unspecified atom stereocenters. The number of nitrogens with zero attached hydrogens (tertiary/aromatic N) is 1. The van der Waals surface area contributed by atoms with Crippen LogP contribution in [0.4, 0.5) is 5.69 Å². The number of benzene rings is 3. The lowest BCUT2D eigenvalue weighted by atomic mass is 10.1. The molecule has 0 spiro atoms. The lowest BCUT2D eigenvalue weighted by molar-refractivity contribution is -0.113. The second kappa shape index (κ2) is 8.31. The molecule has 0 aromatic heterocycles. The Morgan fingerprint density at radius 3 is 2.38 bits per heavy atom. The fourth-order valence-corrected chi connectivity index (χ4v) is 4.14. The first-order valence-corrected chi connectivity index (χ1v) is 9.95. The van der Waals surface area contributed by atoms with Gasteiger partial charge in [-0.3, -0.25) is 4.79 Å². The van der Waals surface area contributed by atoms with Crippen LogP contribution >= 0.6 is 23.5 Å². The van der Waals surface area contributed by atoms with Crippen LogP contribution in [-0.2, 0) is 4.79 Å². The number of carbonyl (C=O) groups is 1. The highest BCUT2D eigenvalue weighted by Gasteiger charge is 2.10. The third-order valence-electron chi connectivity index (χ3n) is 4.02. The van der Waals surface area contributed by atoms with Crippen LogP contribution in [-0.4, -0.2) is 11.7 Å². The number of nitriles is 1. The number of thioether (sulfide) groups is 2. The summed E-state index contributed by atoms with van der Waals surface area (Å²) in [6, 6.07) is 18.3. The Hall–Kier alpha value is -2.42. The Bertz CT molecular complexity index is 985. The van der Waals surface area contributed by atoms with Crippen LogP contribution < -0.4 is 5.32 Å². The molecule has 0 saturated carbocycles. The Kier molecular flexibility index (Phi) is 5.87. The lowest BCUT2D eigenvalue weighted by Gasteiger charge is -2.13. The van der Waals surface area contributed by atoms with Crippen molar-refractivity contribution in [2.45, 2.75) is 23.6 Å². The number of thiocyanates is 1. The molecule has 0 atom stereocenters. The van der Waals surface area contributed by atoms with Gasteiger partial charge in [0.1, 0.15) is 5.40 Å². The van der Waals surface area contributed by atoms with Crippen molar-refractivity contribution in [3.8, 4) is 5.40 Å². The maximum absolute atomic E-state index is 12.4. The number of nitrogens with one attached hydrogen (secondary N) is 1. The minimum Gasteiger partial charge on any atom is -0.325 e.